The summed E-state index contributed by atoms with van der Waals surface area (Å²) in [6.07, 6.45) is 2.89. The molecule has 316 valence electrons. The maximum atomic E-state index is 14.8. The number of amides is 4. The Balaban J connectivity index is 0.00000450. The van der Waals surface area contributed by atoms with Crippen LogP contribution in [-0.4, -0.2) is 85.7 Å². The molecule has 14 heteroatoms. The quantitative estimate of drug-likeness (QED) is 0.127. The second kappa shape index (κ2) is 21.9. The highest BCUT2D eigenvalue weighted by molar-refractivity contribution is 7.59. The number of likely N-dealkylation sites (tertiary alicyclic amines) is 1. The van der Waals surface area contributed by atoms with Crippen LogP contribution in [0.5, 0.6) is 5.75 Å². The van der Waals surface area contributed by atoms with Crippen molar-refractivity contribution in [2.75, 3.05) is 33.4 Å². The molecule has 3 atom stereocenters. The van der Waals surface area contributed by atoms with Crippen LogP contribution >= 0.6 is 27.0 Å². The first-order chi connectivity index (χ1) is 26.9. The highest BCUT2D eigenvalue weighted by Crippen LogP contribution is 2.48. The Labute approximate surface area is 356 Å². The van der Waals surface area contributed by atoms with Gasteiger partial charge in [0.1, 0.15) is 17.4 Å². The van der Waals surface area contributed by atoms with E-state index in [0.29, 0.717) is 75.9 Å². The lowest BCUT2D eigenvalue weighted by Crippen LogP contribution is -2.54. The third-order valence-corrected chi connectivity index (χ3v) is 10.5. The molecule has 4 amide bonds. The molecule has 0 aromatic heterocycles. The Morgan fingerprint density at radius 1 is 0.862 bits per heavy atom. The number of nitrogens with one attached hydrogen (secondary N) is 3. The summed E-state index contributed by atoms with van der Waals surface area (Å²) in [5, 5.41) is 8.92. The van der Waals surface area contributed by atoms with E-state index >= 15 is 0 Å². The molecule has 2 aliphatic rings. The van der Waals surface area contributed by atoms with Gasteiger partial charge in [0.15, 0.2) is 0 Å². The summed E-state index contributed by atoms with van der Waals surface area (Å²) in [6.45, 7) is 8.61. The topological polar surface area (TPSA) is 152 Å². The average molecular weight is 837 g/mol. The van der Waals surface area contributed by atoms with Crippen LogP contribution in [0.2, 0.25) is 0 Å². The molecular weight excluding hydrogens is 777 g/mol. The summed E-state index contributed by atoms with van der Waals surface area (Å²) in [6, 6.07) is 23.2. The average Bonchev–Trinajstić information content (AvgIpc) is 3.19. The fourth-order valence-electron chi connectivity index (χ4n) is 7.80. The molecular formula is C44H60N4O8S2. The lowest BCUT2D eigenvalue weighted by Gasteiger charge is -2.43. The van der Waals surface area contributed by atoms with Gasteiger partial charge in [0.05, 0.1) is 30.6 Å². The number of fused-ring (bicyclic) bond motifs is 1. The van der Waals surface area contributed by atoms with Crippen molar-refractivity contribution in [1.82, 2.24) is 20.9 Å². The first-order valence-corrected chi connectivity index (χ1v) is 19.7. The van der Waals surface area contributed by atoms with Gasteiger partial charge in [0.2, 0.25) is 11.8 Å². The van der Waals surface area contributed by atoms with Gasteiger partial charge in [-0.15, -0.1) is 0 Å². The number of esters is 1. The van der Waals surface area contributed by atoms with Gasteiger partial charge in [-0.1, -0.05) is 66.7 Å². The van der Waals surface area contributed by atoms with Crippen molar-refractivity contribution in [2.24, 2.45) is 0 Å². The van der Waals surface area contributed by atoms with Crippen molar-refractivity contribution < 1.29 is 38.2 Å². The van der Waals surface area contributed by atoms with E-state index in [9.17, 15) is 24.0 Å². The minimum atomic E-state index is -1.17. The summed E-state index contributed by atoms with van der Waals surface area (Å²) >= 11 is 0. The van der Waals surface area contributed by atoms with Crippen LogP contribution in [0.3, 0.4) is 0 Å². The predicted octanol–water partition coefficient (Wildman–Crippen LogP) is 6.25. The van der Waals surface area contributed by atoms with Crippen molar-refractivity contribution >= 4 is 56.8 Å². The number of methoxy groups -OCH3 is 1. The van der Waals surface area contributed by atoms with Crippen LogP contribution in [-0.2, 0) is 29.3 Å². The molecule has 1 heterocycles. The molecule has 3 N–H and O–H groups in total. The molecule has 58 heavy (non-hydrogen) atoms. The van der Waals surface area contributed by atoms with E-state index in [0.717, 1.165) is 16.7 Å². The lowest BCUT2D eigenvalue weighted by atomic mass is 9.62. The number of ether oxygens (including phenoxy) is 3. The van der Waals surface area contributed by atoms with Gasteiger partial charge >= 0.3 is 12.1 Å². The second-order valence-electron chi connectivity index (χ2n) is 15.4. The van der Waals surface area contributed by atoms with E-state index in [1.165, 1.54) is 7.11 Å². The minimum Gasteiger partial charge on any atom is -0.496 e. The molecule has 1 fully saturated rings. The fraction of sp³-hybridized carbons (Fsp3) is 0.477. The molecule has 3 aromatic rings. The Morgan fingerprint density at radius 3 is 2.19 bits per heavy atom. The van der Waals surface area contributed by atoms with Gasteiger partial charge in [-0.05, 0) is 101 Å². The van der Waals surface area contributed by atoms with Crippen LogP contribution < -0.4 is 20.7 Å². The highest BCUT2D eigenvalue weighted by atomic mass is 32.1. The third kappa shape index (κ3) is 11.7. The van der Waals surface area contributed by atoms with E-state index in [4.69, 9.17) is 14.2 Å². The predicted molar refractivity (Wildman–Crippen MR) is 233 cm³/mol. The van der Waals surface area contributed by atoms with Gasteiger partial charge in [-0.25, -0.2) is 9.59 Å². The summed E-state index contributed by atoms with van der Waals surface area (Å²) in [5.74, 6) is -1.02. The summed E-state index contributed by atoms with van der Waals surface area (Å²) < 4.78 is 16.1. The molecule has 1 aliphatic heterocycles. The van der Waals surface area contributed by atoms with Crippen LogP contribution in [0.4, 0.5) is 4.79 Å². The summed E-state index contributed by atoms with van der Waals surface area (Å²) in [7, 11) is 1.54. The molecule has 12 nitrogen and oxygen atoms in total. The van der Waals surface area contributed by atoms with E-state index in [2.05, 4.69) is 16.0 Å². The molecule has 3 aromatic carbocycles. The van der Waals surface area contributed by atoms with E-state index in [-0.39, 0.29) is 57.4 Å². The molecule has 0 spiro atoms. The van der Waals surface area contributed by atoms with Crippen molar-refractivity contribution in [2.45, 2.75) is 102 Å². The SMILES string of the molecule is CCOC(=O)[C@H](CCCCNC(=O)OC(C)(C)C)NC(=O)[C@@]1(c2ccccc2)CC[C@H](C(=O)N2CCC(NC(=O)c3ccccc3OC)CC2)c2ccccc21.S.S. The smallest absolute Gasteiger partial charge is 0.407 e. The number of unbranched alkanes of at least 4 members (excludes halogenated alkanes) is 1. The number of nitrogens with zero attached hydrogens (tertiary/aromatic N) is 1. The van der Waals surface area contributed by atoms with Gasteiger partial charge in [0.25, 0.3) is 5.91 Å². The minimum absolute atomic E-state index is 0. The maximum absolute atomic E-state index is 14.8. The van der Waals surface area contributed by atoms with E-state index < -0.39 is 35.0 Å². The van der Waals surface area contributed by atoms with Gasteiger partial charge < -0.3 is 35.1 Å². The van der Waals surface area contributed by atoms with E-state index in [1.807, 2.05) is 65.6 Å². The Morgan fingerprint density at radius 2 is 1.52 bits per heavy atom. The van der Waals surface area contributed by atoms with Crippen molar-refractivity contribution in [3.05, 3.63) is 101 Å². The van der Waals surface area contributed by atoms with Crippen molar-refractivity contribution in [3.8, 4) is 5.75 Å². The molecule has 1 aliphatic carbocycles. The summed E-state index contributed by atoms with van der Waals surface area (Å²) in [5.41, 5.74) is 0.977. The van der Waals surface area contributed by atoms with Crippen molar-refractivity contribution in [3.63, 3.8) is 0 Å². The molecule has 0 bridgehead atoms. The Bertz CT molecular complexity index is 1850. The van der Waals surface area contributed by atoms with E-state index in [1.54, 1.807) is 45.9 Å². The maximum Gasteiger partial charge on any atom is 0.407 e. The van der Waals surface area contributed by atoms with Gasteiger partial charge in [0, 0.05) is 25.7 Å². The van der Waals surface area contributed by atoms with Crippen LogP contribution in [0.15, 0.2) is 78.9 Å². The number of carbonyl (C=O) groups is 5. The largest absolute Gasteiger partial charge is 0.496 e. The first kappa shape index (κ1) is 47.7. The van der Waals surface area contributed by atoms with Gasteiger partial charge in [-0.2, -0.15) is 27.0 Å². The Kier molecular flexibility index (Phi) is 18.0. The molecule has 0 saturated carbocycles. The number of hydrogen-bond donors (Lipinski definition) is 3. The third-order valence-electron chi connectivity index (χ3n) is 10.5. The molecule has 0 radical (unpaired) electrons. The number of alkyl carbamates (subject to hydrolysis) is 1. The number of benzene rings is 3. The molecule has 1 saturated heterocycles. The highest BCUT2D eigenvalue weighted by Gasteiger charge is 2.49. The number of hydrogen-bond acceptors (Lipinski definition) is 8. The second-order valence-corrected chi connectivity index (χ2v) is 15.4. The Hall–Kier alpha value is -4.69. The first-order valence-electron chi connectivity index (χ1n) is 19.7. The van der Waals surface area contributed by atoms with Gasteiger partial charge in [-0.3, -0.25) is 14.4 Å². The monoisotopic (exact) mass is 836 g/mol. The zero-order chi connectivity index (χ0) is 40.3. The summed E-state index contributed by atoms with van der Waals surface area (Å²) in [4.78, 5) is 69.4. The van der Waals surface area contributed by atoms with Crippen molar-refractivity contribution in [1.29, 1.82) is 0 Å². The number of para-hydroxylation sites is 1. The standard InChI is InChI=1S/C44H56N4O8.2H2S/c1-6-55-40(51)36(21-14-15-27-45-42(53)56-43(2,3)4)47-41(52)44(30-16-8-7-9-17-30)26-23-33(32-18-10-12-20-35(32)44)39(50)48-28-24-31(25-29-48)46-38(49)34-19-11-13-22-37(34)54-5;;/h7-13,16-20,22,31,33,36H,6,14-15,21,23-29H2,1-5H3,(H,45,53)(H,46,49)(H,47,52);2*1H2/t33-,36-,44+;;/m0../s1. The van der Waals surface area contributed by atoms with Crippen LogP contribution in [0.25, 0.3) is 0 Å². The zero-order valence-corrected chi connectivity index (χ0v) is 36.2. The number of rotatable bonds is 14. The zero-order valence-electron chi connectivity index (χ0n) is 34.2. The lowest BCUT2D eigenvalue weighted by molar-refractivity contribution is -0.148. The van der Waals surface area contributed by atoms with Crippen LogP contribution in [0, 0.1) is 0 Å². The fourth-order valence-corrected chi connectivity index (χ4v) is 7.80. The number of piperidine rings is 1. The molecule has 0 unspecified atom stereocenters. The molecule has 5 rings (SSSR count). The van der Waals surface area contributed by atoms with Crippen LogP contribution in [0.1, 0.15) is 106 Å². The normalized spacial score (nSPS) is 18.2. The number of carbonyl (C=O) groups excluding carboxylic acids is 5.